The fourth-order valence-corrected chi connectivity index (χ4v) is 5.34. The number of amides is 1. The SMILES string of the molecule is O=C(NC1CCC(Cn2c(=O)n(-c3ccccc3Cl)c3ncccc32)CC1)c1cc(Cl)cnc1C(F)(F)F. The molecule has 1 fully saturated rings. The van der Waals surface area contributed by atoms with E-state index in [9.17, 15) is 22.8 Å². The van der Waals surface area contributed by atoms with Gasteiger partial charge in [0.1, 0.15) is 0 Å². The third-order valence-electron chi connectivity index (χ3n) is 6.77. The molecule has 12 heteroatoms. The van der Waals surface area contributed by atoms with E-state index >= 15 is 0 Å². The second-order valence-corrected chi connectivity index (χ2v) is 10.1. The highest BCUT2D eigenvalue weighted by Gasteiger charge is 2.38. The topological polar surface area (TPSA) is 81.8 Å². The van der Waals surface area contributed by atoms with Crippen LogP contribution in [0.4, 0.5) is 13.2 Å². The number of nitrogens with one attached hydrogen (secondary N) is 1. The van der Waals surface area contributed by atoms with Crippen molar-refractivity contribution in [3.05, 3.63) is 86.6 Å². The molecule has 0 unspecified atom stereocenters. The molecule has 0 spiro atoms. The largest absolute Gasteiger partial charge is 0.434 e. The molecule has 4 aromatic rings. The Bertz CT molecular complexity index is 1560. The van der Waals surface area contributed by atoms with Crippen LogP contribution in [0, 0.1) is 5.92 Å². The highest BCUT2D eigenvalue weighted by molar-refractivity contribution is 6.32. The number of rotatable bonds is 5. The summed E-state index contributed by atoms with van der Waals surface area (Å²) in [5, 5.41) is 3.07. The van der Waals surface area contributed by atoms with E-state index in [1.165, 1.54) is 4.57 Å². The van der Waals surface area contributed by atoms with E-state index in [0.717, 1.165) is 12.3 Å². The molecular weight excluding hydrogens is 542 g/mol. The van der Waals surface area contributed by atoms with Crippen LogP contribution in [0.5, 0.6) is 0 Å². The van der Waals surface area contributed by atoms with Crippen LogP contribution >= 0.6 is 23.2 Å². The van der Waals surface area contributed by atoms with Crippen LogP contribution in [0.25, 0.3) is 16.9 Å². The van der Waals surface area contributed by atoms with E-state index in [-0.39, 0.29) is 22.7 Å². The summed E-state index contributed by atoms with van der Waals surface area (Å²) in [6.07, 6.45) is 0.177. The van der Waals surface area contributed by atoms with Crippen molar-refractivity contribution in [2.24, 2.45) is 5.92 Å². The number of alkyl halides is 3. The monoisotopic (exact) mass is 563 g/mol. The normalized spacial score (nSPS) is 18.0. The lowest BCUT2D eigenvalue weighted by molar-refractivity contribution is -0.141. The minimum Gasteiger partial charge on any atom is -0.349 e. The number of halogens is 5. The van der Waals surface area contributed by atoms with Gasteiger partial charge in [0.2, 0.25) is 0 Å². The summed E-state index contributed by atoms with van der Waals surface area (Å²) >= 11 is 12.2. The van der Waals surface area contributed by atoms with E-state index in [2.05, 4.69) is 15.3 Å². The minimum atomic E-state index is -4.78. The number of imidazole rings is 1. The summed E-state index contributed by atoms with van der Waals surface area (Å²) in [7, 11) is 0. The van der Waals surface area contributed by atoms with Gasteiger partial charge in [0, 0.05) is 25.0 Å². The Morgan fingerprint density at radius 2 is 1.79 bits per heavy atom. The second-order valence-electron chi connectivity index (χ2n) is 9.26. The number of nitrogens with zero attached hydrogens (tertiary/aromatic N) is 4. The molecule has 3 heterocycles. The minimum absolute atomic E-state index is 0.0530. The molecule has 1 aromatic carbocycles. The molecule has 0 atom stereocenters. The van der Waals surface area contributed by atoms with Crippen LogP contribution in [0.1, 0.15) is 41.7 Å². The Labute approximate surface area is 225 Å². The van der Waals surface area contributed by atoms with Gasteiger partial charge in [0.05, 0.1) is 26.8 Å². The predicted molar refractivity (Wildman–Crippen MR) is 138 cm³/mol. The molecule has 1 saturated carbocycles. The highest BCUT2D eigenvalue weighted by atomic mass is 35.5. The maximum absolute atomic E-state index is 13.5. The molecular formula is C26H22Cl2F3N5O2. The zero-order valence-corrected chi connectivity index (χ0v) is 21.4. The van der Waals surface area contributed by atoms with Gasteiger partial charge in [-0.05, 0) is 61.9 Å². The van der Waals surface area contributed by atoms with Crippen LogP contribution in [0.2, 0.25) is 10.0 Å². The third-order valence-corrected chi connectivity index (χ3v) is 7.30. The predicted octanol–water partition coefficient (Wildman–Crippen LogP) is 5.90. The molecule has 0 bridgehead atoms. The number of benzene rings is 1. The summed E-state index contributed by atoms with van der Waals surface area (Å²) in [6.45, 7) is 0.440. The summed E-state index contributed by atoms with van der Waals surface area (Å²) in [6, 6.07) is 11.3. The smallest absolute Gasteiger partial charge is 0.349 e. The molecule has 7 nitrogen and oxygen atoms in total. The lowest BCUT2D eigenvalue weighted by Gasteiger charge is -2.29. The van der Waals surface area contributed by atoms with Crippen molar-refractivity contribution in [2.75, 3.05) is 0 Å². The van der Waals surface area contributed by atoms with Crippen LogP contribution in [0.3, 0.4) is 0 Å². The van der Waals surface area contributed by atoms with Crippen molar-refractivity contribution in [1.82, 2.24) is 24.4 Å². The van der Waals surface area contributed by atoms with Gasteiger partial charge in [-0.3, -0.25) is 9.36 Å². The van der Waals surface area contributed by atoms with E-state index in [1.54, 1.807) is 41.1 Å². The number of hydrogen-bond acceptors (Lipinski definition) is 4. The number of carbonyl (C=O) groups excluding carboxylic acids is 1. The molecule has 3 aromatic heterocycles. The zero-order chi connectivity index (χ0) is 27.0. The Kier molecular flexibility index (Phi) is 7.19. The Morgan fingerprint density at radius 3 is 2.50 bits per heavy atom. The fourth-order valence-electron chi connectivity index (χ4n) is 4.96. The van der Waals surface area contributed by atoms with Crippen molar-refractivity contribution in [3.8, 4) is 5.69 Å². The number of para-hydroxylation sites is 1. The first-order valence-electron chi connectivity index (χ1n) is 12.0. The van der Waals surface area contributed by atoms with Gasteiger partial charge >= 0.3 is 11.9 Å². The maximum Gasteiger partial charge on any atom is 0.434 e. The van der Waals surface area contributed by atoms with Crippen molar-refractivity contribution < 1.29 is 18.0 Å². The highest BCUT2D eigenvalue weighted by Crippen LogP contribution is 2.32. The van der Waals surface area contributed by atoms with Crippen LogP contribution < -0.4 is 11.0 Å². The van der Waals surface area contributed by atoms with Crippen LogP contribution in [-0.4, -0.2) is 31.1 Å². The summed E-state index contributed by atoms with van der Waals surface area (Å²) in [4.78, 5) is 33.9. The molecule has 1 aliphatic rings. The van der Waals surface area contributed by atoms with Gasteiger partial charge in [-0.15, -0.1) is 0 Å². The molecule has 1 aliphatic carbocycles. The van der Waals surface area contributed by atoms with Crippen molar-refractivity contribution >= 4 is 40.3 Å². The molecule has 1 amide bonds. The van der Waals surface area contributed by atoms with Crippen molar-refractivity contribution in [3.63, 3.8) is 0 Å². The van der Waals surface area contributed by atoms with E-state index < -0.39 is 23.3 Å². The third kappa shape index (κ3) is 5.15. The van der Waals surface area contributed by atoms with Crippen LogP contribution in [-0.2, 0) is 12.7 Å². The Hall–Kier alpha value is -3.37. The lowest BCUT2D eigenvalue weighted by atomic mass is 9.85. The first kappa shape index (κ1) is 26.2. The first-order chi connectivity index (χ1) is 18.1. The molecule has 0 saturated heterocycles. The Morgan fingerprint density at radius 1 is 1.05 bits per heavy atom. The van der Waals surface area contributed by atoms with E-state index in [1.807, 2.05) is 6.07 Å². The van der Waals surface area contributed by atoms with Gasteiger partial charge in [-0.1, -0.05) is 35.3 Å². The number of fused-ring (bicyclic) bond motifs is 1. The van der Waals surface area contributed by atoms with Gasteiger partial charge in [-0.2, -0.15) is 13.2 Å². The summed E-state index contributed by atoms with van der Waals surface area (Å²) in [5.74, 6) is -0.731. The summed E-state index contributed by atoms with van der Waals surface area (Å²) in [5.41, 5.74) is -0.394. The summed E-state index contributed by atoms with van der Waals surface area (Å²) < 4.78 is 43.2. The van der Waals surface area contributed by atoms with Gasteiger partial charge in [0.25, 0.3) is 5.91 Å². The van der Waals surface area contributed by atoms with Crippen LogP contribution in [0.15, 0.2) is 59.7 Å². The van der Waals surface area contributed by atoms with Crippen molar-refractivity contribution in [2.45, 2.75) is 44.4 Å². The number of aromatic nitrogens is 4. The fraction of sp³-hybridized carbons (Fsp3) is 0.308. The number of pyridine rings is 2. The Balaban J connectivity index is 1.31. The standard InChI is InChI=1S/C26H22Cl2F3N5O2/c27-16-12-18(22(33-13-16)26(29,30)31)24(37)34-17-9-7-15(8-10-17)14-35-21-6-3-11-32-23(21)36(25(35)38)20-5-2-1-4-19(20)28/h1-6,11-13,15,17H,7-10,14H2,(H,34,37). The van der Waals surface area contributed by atoms with Gasteiger partial charge < -0.3 is 5.32 Å². The van der Waals surface area contributed by atoms with Gasteiger partial charge in [0.15, 0.2) is 11.3 Å². The molecule has 38 heavy (non-hydrogen) atoms. The van der Waals surface area contributed by atoms with Crippen molar-refractivity contribution in [1.29, 1.82) is 0 Å². The molecule has 5 rings (SSSR count). The first-order valence-corrected chi connectivity index (χ1v) is 12.7. The average molecular weight is 564 g/mol. The molecule has 0 aliphatic heterocycles. The maximum atomic E-state index is 13.5. The lowest BCUT2D eigenvalue weighted by Crippen LogP contribution is -2.39. The second kappa shape index (κ2) is 10.4. The van der Waals surface area contributed by atoms with E-state index in [4.69, 9.17) is 23.2 Å². The molecule has 198 valence electrons. The molecule has 1 N–H and O–H groups in total. The number of hydrogen-bond donors (Lipinski definition) is 1. The van der Waals surface area contributed by atoms with E-state index in [0.29, 0.717) is 54.1 Å². The quantitative estimate of drug-likeness (QED) is 0.328. The van der Waals surface area contributed by atoms with Gasteiger partial charge in [-0.25, -0.2) is 19.3 Å². The zero-order valence-electron chi connectivity index (χ0n) is 19.9. The molecule has 0 radical (unpaired) electrons. The number of carbonyl (C=O) groups is 1. The average Bonchev–Trinajstić information content (AvgIpc) is 3.15.